The van der Waals surface area contributed by atoms with Crippen LogP contribution in [-0.2, 0) is 10.0 Å². The standard InChI is InChI=1S/C27H27N5O5S/c1-17-15-18(2)20(19(3)16-17)11-14-38(33,34)32-24-23(37-22-10-7-6-9-21(22)35-4)27(36-5)31-26(30-24)25-28-12-8-13-29-25/h6-16H,1-5H3,(H,30,31,32)/b14-11+. The van der Waals surface area contributed by atoms with Gasteiger partial charge in [-0.2, -0.15) is 4.98 Å². The zero-order chi connectivity index (χ0) is 27.3. The summed E-state index contributed by atoms with van der Waals surface area (Å²) >= 11 is 0. The third kappa shape index (κ3) is 6.06. The quantitative estimate of drug-likeness (QED) is 0.313. The van der Waals surface area contributed by atoms with E-state index in [1.165, 1.54) is 26.6 Å². The van der Waals surface area contributed by atoms with Crippen molar-refractivity contribution in [3.05, 3.63) is 82.5 Å². The zero-order valence-electron chi connectivity index (χ0n) is 21.6. The van der Waals surface area contributed by atoms with E-state index in [9.17, 15) is 8.42 Å². The Labute approximate surface area is 221 Å². The first kappa shape index (κ1) is 26.6. The maximum absolute atomic E-state index is 13.2. The zero-order valence-corrected chi connectivity index (χ0v) is 22.4. The van der Waals surface area contributed by atoms with Crippen LogP contribution < -0.4 is 18.9 Å². The van der Waals surface area contributed by atoms with Crippen LogP contribution in [0.2, 0.25) is 0 Å². The van der Waals surface area contributed by atoms with Crippen molar-refractivity contribution in [2.24, 2.45) is 0 Å². The molecule has 4 rings (SSSR count). The van der Waals surface area contributed by atoms with Crippen LogP contribution in [0.4, 0.5) is 5.82 Å². The number of benzene rings is 2. The highest BCUT2D eigenvalue weighted by molar-refractivity contribution is 7.95. The van der Waals surface area contributed by atoms with E-state index >= 15 is 0 Å². The van der Waals surface area contributed by atoms with Gasteiger partial charge in [0, 0.05) is 12.4 Å². The van der Waals surface area contributed by atoms with Crippen LogP contribution in [0.1, 0.15) is 22.3 Å². The Balaban J connectivity index is 1.80. The number of rotatable bonds is 9. The van der Waals surface area contributed by atoms with Crippen molar-refractivity contribution in [3.63, 3.8) is 0 Å². The van der Waals surface area contributed by atoms with Crippen molar-refractivity contribution in [3.8, 4) is 34.8 Å². The summed E-state index contributed by atoms with van der Waals surface area (Å²) in [6, 6.07) is 12.5. The van der Waals surface area contributed by atoms with Crippen molar-refractivity contribution in [2.75, 3.05) is 18.9 Å². The van der Waals surface area contributed by atoms with E-state index in [4.69, 9.17) is 14.2 Å². The van der Waals surface area contributed by atoms with E-state index in [1.807, 2.05) is 32.9 Å². The molecule has 0 radical (unpaired) electrons. The molecule has 38 heavy (non-hydrogen) atoms. The second kappa shape index (κ2) is 11.3. The normalized spacial score (nSPS) is 11.4. The summed E-state index contributed by atoms with van der Waals surface area (Å²) in [5, 5.41) is 1.08. The molecule has 0 aliphatic carbocycles. The van der Waals surface area contributed by atoms with Crippen molar-refractivity contribution < 1.29 is 22.6 Å². The van der Waals surface area contributed by atoms with Crippen LogP contribution in [0.15, 0.2) is 60.3 Å². The van der Waals surface area contributed by atoms with E-state index in [-0.39, 0.29) is 29.1 Å². The number of sulfonamides is 1. The van der Waals surface area contributed by atoms with E-state index < -0.39 is 10.0 Å². The van der Waals surface area contributed by atoms with Crippen molar-refractivity contribution >= 4 is 21.9 Å². The first-order chi connectivity index (χ1) is 18.2. The first-order valence-corrected chi connectivity index (χ1v) is 13.1. The van der Waals surface area contributed by atoms with Gasteiger partial charge in [-0.25, -0.2) is 23.4 Å². The molecule has 0 aliphatic heterocycles. The minimum atomic E-state index is -4.06. The lowest BCUT2D eigenvalue weighted by Gasteiger charge is -2.16. The molecule has 0 unspecified atom stereocenters. The minimum absolute atomic E-state index is 0.0275. The van der Waals surface area contributed by atoms with E-state index in [1.54, 1.807) is 36.4 Å². The monoisotopic (exact) mass is 533 g/mol. The maximum Gasteiger partial charge on any atom is 0.263 e. The van der Waals surface area contributed by atoms with Crippen molar-refractivity contribution in [2.45, 2.75) is 20.8 Å². The van der Waals surface area contributed by atoms with Gasteiger partial charge in [0.2, 0.25) is 11.6 Å². The lowest BCUT2D eigenvalue weighted by molar-refractivity contribution is 0.348. The molecule has 0 saturated heterocycles. The topological polar surface area (TPSA) is 125 Å². The lowest BCUT2D eigenvalue weighted by atomic mass is 10.0. The molecule has 0 atom stereocenters. The number of hydrogen-bond acceptors (Lipinski definition) is 9. The molecule has 1 N–H and O–H groups in total. The highest BCUT2D eigenvalue weighted by atomic mass is 32.2. The van der Waals surface area contributed by atoms with Crippen molar-refractivity contribution in [1.29, 1.82) is 0 Å². The Hall–Kier alpha value is -4.51. The van der Waals surface area contributed by atoms with Crippen LogP contribution in [0.5, 0.6) is 23.1 Å². The van der Waals surface area contributed by atoms with Gasteiger partial charge < -0.3 is 14.2 Å². The highest BCUT2D eigenvalue weighted by Gasteiger charge is 2.24. The van der Waals surface area contributed by atoms with Crippen LogP contribution >= 0.6 is 0 Å². The minimum Gasteiger partial charge on any atom is -0.493 e. The molecule has 0 spiro atoms. The van der Waals surface area contributed by atoms with Crippen LogP contribution in [0.25, 0.3) is 17.7 Å². The first-order valence-electron chi connectivity index (χ1n) is 11.5. The Morgan fingerprint density at radius 1 is 0.842 bits per heavy atom. The third-order valence-corrected chi connectivity index (χ3v) is 6.44. The summed E-state index contributed by atoms with van der Waals surface area (Å²) in [4.78, 5) is 17.1. The summed E-state index contributed by atoms with van der Waals surface area (Å²) in [5.74, 6) is 0.702. The molecule has 10 nitrogen and oxygen atoms in total. The summed E-state index contributed by atoms with van der Waals surface area (Å²) < 4.78 is 45.8. The van der Waals surface area contributed by atoms with Gasteiger partial charge in [-0.15, -0.1) is 0 Å². The molecular weight excluding hydrogens is 506 g/mol. The van der Waals surface area contributed by atoms with Crippen molar-refractivity contribution in [1.82, 2.24) is 19.9 Å². The summed E-state index contributed by atoms with van der Waals surface area (Å²) in [6.07, 6.45) is 4.60. The molecule has 11 heteroatoms. The highest BCUT2D eigenvalue weighted by Crippen LogP contribution is 2.40. The molecule has 0 fully saturated rings. The Morgan fingerprint density at radius 3 is 2.13 bits per heavy atom. The second-order valence-electron chi connectivity index (χ2n) is 8.32. The third-order valence-electron chi connectivity index (χ3n) is 5.47. The Kier molecular flexibility index (Phi) is 7.87. The van der Waals surface area contributed by atoms with Gasteiger partial charge in [-0.3, -0.25) is 4.72 Å². The number of nitrogens with zero attached hydrogens (tertiary/aromatic N) is 4. The largest absolute Gasteiger partial charge is 0.493 e. The molecule has 2 heterocycles. The molecule has 0 saturated carbocycles. The van der Waals surface area contributed by atoms with Crippen LogP contribution in [0.3, 0.4) is 0 Å². The number of aryl methyl sites for hydroxylation is 3. The molecule has 0 aliphatic rings. The van der Waals surface area contributed by atoms with Gasteiger partial charge in [0.05, 0.1) is 19.6 Å². The number of aromatic nitrogens is 4. The van der Waals surface area contributed by atoms with E-state index in [0.717, 1.165) is 27.7 Å². The molecule has 0 bridgehead atoms. The van der Waals surface area contributed by atoms with Gasteiger partial charge in [-0.1, -0.05) is 29.8 Å². The Bertz CT molecular complexity index is 1570. The number of anilines is 1. The van der Waals surface area contributed by atoms with Gasteiger partial charge in [0.15, 0.2) is 23.1 Å². The summed E-state index contributed by atoms with van der Waals surface area (Å²) in [6.45, 7) is 5.85. The average molecular weight is 534 g/mol. The fourth-order valence-corrected chi connectivity index (χ4v) is 4.63. The SMILES string of the molecule is COc1ccccc1Oc1c(NS(=O)(=O)/C=C/c2c(C)cc(C)cc2C)nc(-c2ncccn2)nc1OC. The molecule has 196 valence electrons. The second-order valence-corrected chi connectivity index (χ2v) is 9.89. The maximum atomic E-state index is 13.2. The predicted molar refractivity (Wildman–Crippen MR) is 145 cm³/mol. The summed E-state index contributed by atoms with van der Waals surface area (Å²) in [5.41, 5.74) is 3.83. The smallest absolute Gasteiger partial charge is 0.263 e. The number of para-hydroxylation sites is 2. The van der Waals surface area contributed by atoms with Gasteiger partial charge >= 0.3 is 0 Å². The number of hydrogen-bond donors (Lipinski definition) is 1. The average Bonchev–Trinajstić information content (AvgIpc) is 2.89. The molecular formula is C27H27N5O5S. The van der Waals surface area contributed by atoms with Crippen LogP contribution in [-0.4, -0.2) is 42.6 Å². The van der Waals surface area contributed by atoms with Gasteiger partial charge in [-0.05, 0) is 61.7 Å². The molecule has 4 aromatic rings. The molecule has 0 amide bonds. The molecule has 2 aromatic carbocycles. The fraction of sp³-hybridized carbons (Fsp3) is 0.185. The fourth-order valence-electron chi connectivity index (χ4n) is 3.84. The molecule has 2 aromatic heterocycles. The van der Waals surface area contributed by atoms with E-state index in [0.29, 0.717) is 11.5 Å². The van der Waals surface area contributed by atoms with E-state index in [2.05, 4.69) is 24.7 Å². The predicted octanol–water partition coefficient (Wildman–Crippen LogP) is 5.08. The number of nitrogens with one attached hydrogen (secondary N) is 1. The lowest BCUT2D eigenvalue weighted by Crippen LogP contribution is -2.13. The van der Waals surface area contributed by atoms with Crippen LogP contribution in [0, 0.1) is 20.8 Å². The number of methoxy groups -OCH3 is 2. The summed E-state index contributed by atoms with van der Waals surface area (Å²) in [7, 11) is -1.18. The Morgan fingerprint density at radius 2 is 1.50 bits per heavy atom. The number of ether oxygens (including phenoxy) is 3. The van der Waals surface area contributed by atoms with Gasteiger partial charge in [0.25, 0.3) is 15.9 Å². The van der Waals surface area contributed by atoms with Gasteiger partial charge in [0.1, 0.15) is 0 Å².